The number of piperidine rings is 1. The third kappa shape index (κ3) is 3.04. The first-order chi connectivity index (χ1) is 13.1. The summed E-state index contributed by atoms with van der Waals surface area (Å²) < 4.78 is 19.0. The van der Waals surface area contributed by atoms with Crippen LogP contribution in [0.4, 0.5) is 4.79 Å². The molecule has 2 amide bonds. The van der Waals surface area contributed by atoms with Crippen molar-refractivity contribution >= 4 is 6.03 Å². The second-order valence-electron chi connectivity index (χ2n) is 8.42. The van der Waals surface area contributed by atoms with Crippen LogP contribution in [0.15, 0.2) is 12.1 Å². The van der Waals surface area contributed by atoms with Crippen molar-refractivity contribution in [2.45, 2.75) is 69.9 Å². The van der Waals surface area contributed by atoms with Crippen LogP contribution in [0.25, 0.3) is 0 Å². The van der Waals surface area contributed by atoms with Gasteiger partial charge >= 0.3 is 6.03 Å². The number of nitrogens with zero attached hydrogens (tertiary/aromatic N) is 1. The van der Waals surface area contributed by atoms with Crippen LogP contribution in [0.3, 0.4) is 0 Å². The zero-order valence-electron chi connectivity index (χ0n) is 15.7. The van der Waals surface area contributed by atoms with Crippen LogP contribution in [0, 0.1) is 5.92 Å². The van der Waals surface area contributed by atoms with Crippen molar-refractivity contribution in [1.82, 2.24) is 4.90 Å². The van der Waals surface area contributed by atoms with Crippen LogP contribution in [0.1, 0.15) is 56.1 Å². The lowest BCUT2D eigenvalue weighted by molar-refractivity contribution is -0.106. The largest absolute Gasteiger partial charge is 0.448 e. The summed E-state index contributed by atoms with van der Waals surface area (Å²) in [6, 6.07) is 3.86. The number of amides is 2. The van der Waals surface area contributed by atoms with Gasteiger partial charge in [0.05, 0.1) is 12.7 Å². The molecular weight excluding hydrogens is 344 g/mol. The molecule has 6 heteroatoms. The number of hydrogen-bond donors (Lipinski definition) is 1. The number of fused-ring (bicyclic) bond motifs is 3. The molecule has 1 unspecified atom stereocenters. The Bertz CT molecular complexity index is 736. The van der Waals surface area contributed by atoms with Crippen LogP contribution < -0.4 is 15.2 Å². The van der Waals surface area contributed by atoms with Crippen LogP contribution in [-0.4, -0.2) is 35.9 Å². The molecule has 1 spiro atoms. The fourth-order valence-corrected chi connectivity index (χ4v) is 5.15. The monoisotopic (exact) mass is 372 g/mol. The third-order valence-electron chi connectivity index (χ3n) is 6.76. The van der Waals surface area contributed by atoms with E-state index in [1.807, 2.05) is 6.07 Å². The minimum Gasteiger partial charge on any atom is -0.448 e. The molecule has 1 atom stereocenters. The van der Waals surface area contributed by atoms with Gasteiger partial charge in [-0.15, -0.1) is 0 Å². The van der Waals surface area contributed by atoms with E-state index in [9.17, 15) is 4.79 Å². The molecule has 146 valence electrons. The molecular formula is C21H28N2O4. The predicted molar refractivity (Wildman–Crippen MR) is 99.7 cm³/mol. The summed E-state index contributed by atoms with van der Waals surface area (Å²) in [6.07, 6.45) is 8.47. The standard InChI is InChI=1S/C21H28N2O4/c22-20(24)23-10-6-14(7-11-23)18-12-16-15(13-25-18)4-5-17-19(16)27-21(26-17)8-2-1-3-9-21/h4-5,14,18H,1-3,6-13H2,(H2,22,24). The fourth-order valence-electron chi connectivity index (χ4n) is 5.15. The highest BCUT2D eigenvalue weighted by molar-refractivity contribution is 5.72. The maximum Gasteiger partial charge on any atom is 0.314 e. The Morgan fingerprint density at radius 1 is 1.11 bits per heavy atom. The first kappa shape index (κ1) is 17.2. The molecule has 5 rings (SSSR count). The van der Waals surface area contributed by atoms with E-state index in [4.69, 9.17) is 19.9 Å². The van der Waals surface area contributed by atoms with Gasteiger partial charge in [0.15, 0.2) is 11.5 Å². The second-order valence-corrected chi connectivity index (χ2v) is 8.42. The van der Waals surface area contributed by atoms with Crippen molar-refractivity contribution in [1.29, 1.82) is 0 Å². The number of carbonyl (C=O) groups excluding carboxylic acids is 1. The van der Waals surface area contributed by atoms with E-state index >= 15 is 0 Å². The van der Waals surface area contributed by atoms with Gasteiger partial charge in [0.2, 0.25) is 0 Å². The molecule has 1 aliphatic carbocycles. The Labute approximate surface area is 159 Å². The van der Waals surface area contributed by atoms with Gasteiger partial charge in [-0.3, -0.25) is 0 Å². The Morgan fingerprint density at radius 3 is 2.63 bits per heavy atom. The van der Waals surface area contributed by atoms with E-state index in [1.54, 1.807) is 4.90 Å². The Morgan fingerprint density at radius 2 is 1.89 bits per heavy atom. The molecule has 1 aromatic carbocycles. The molecule has 0 aromatic heterocycles. The number of rotatable bonds is 1. The van der Waals surface area contributed by atoms with E-state index in [2.05, 4.69) is 6.07 Å². The maximum atomic E-state index is 11.4. The summed E-state index contributed by atoms with van der Waals surface area (Å²) >= 11 is 0. The summed E-state index contributed by atoms with van der Waals surface area (Å²) in [5.74, 6) is 1.88. The van der Waals surface area contributed by atoms with Crippen molar-refractivity contribution in [3.05, 3.63) is 23.3 Å². The van der Waals surface area contributed by atoms with Crippen LogP contribution in [0.5, 0.6) is 11.5 Å². The van der Waals surface area contributed by atoms with Gasteiger partial charge in [-0.25, -0.2) is 4.79 Å². The van der Waals surface area contributed by atoms with Crippen molar-refractivity contribution in [2.24, 2.45) is 11.7 Å². The minimum atomic E-state index is -0.434. The molecule has 1 saturated heterocycles. The van der Waals surface area contributed by atoms with E-state index in [1.165, 1.54) is 30.4 Å². The molecule has 2 fully saturated rings. The normalized spacial score (nSPS) is 26.8. The average Bonchev–Trinajstić information content (AvgIpc) is 3.06. The summed E-state index contributed by atoms with van der Waals surface area (Å²) in [5, 5.41) is 0. The zero-order chi connectivity index (χ0) is 18.4. The van der Waals surface area contributed by atoms with Gasteiger partial charge in [-0.2, -0.15) is 0 Å². The van der Waals surface area contributed by atoms with Crippen molar-refractivity contribution < 1.29 is 19.0 Å². The molecule has 0 bridgehead atoms. The summed E-state index contributed by atoms with van der Waals surface area (Å²) in [6.45, 7) is 2.07. The molecule has 6 nitrogen and oxygen atoms in total. The van der Waals surface area contributed by atoms with E-state index in [-0.39, 0.29) is 12.1 Å². The Balaban J connectivity index is 1.33. The van der Waals surface area contributed by atoms with Crippen molar-refractivity contribution in [2.75, 3.05) is 13.1 Å². The van der Waals surface area contributed by atoms with Gasteiger partial charge in [-0.1, -0.05) is 12.5 Å². The maximum absolute atomic E-state index is 11.4. The zero-order valence-corrected chi connectivity index (χ0v) is 15.7. The highest BCUT2D eigenvalue weighted by atomic mass is 16.7. The quantitative estimate of drug-likeness (QED) is 0.820. The van der Waals surface area contributed by atoms with Gasteiger partial charge < -0.3 is 24.8 Å². The molecule has 1 saturated carbocycles. The SMILES string of the molecule is NC(=O)N1CCC(C2Cc3c(ccc4c3OC3(CCCCC3)O4)CO2)CC1. The number of hydrogen-bond acceptors (Lipinski definition) is 4. The number of urea groups is 1. The lowest BCUT2D eigenvalue weighted by Gasteiger charge is -2.37. The average molecular weight is 372 g/mol. The van der Waals surface area contributed by atoms with Gasteiger partial charge in [-0.05, 0) is 43.2 Å². The molecule has 3 aliphatic heterocycles. The summed E-state index contributed by atoms with van der Waals surface area (Å²) in [7, 11) is 0. The van der Waals surface area contributed by atoms with E-state index in [0.29, 0.717) is 12.5 Å². The van der Waals surface area contributed by atoms with Crippen LogP contribution in [0.2, 0.25) is 0 Å². The predicted octanol–water partition coefficient (Wildman–Crippen LogP) is 3.35. The second kappa shape index (κ2) is 6.59. The van der Waals surface area contributed by atoms with E-state index in [0.717, 1.165) is 56.7 Å². The number of primary amides is 1. The van der Waals surface area contributed by atoms with Crippen LogP contribution >= 0.6 is 0 Å². The smallest absolute Gasteiger partial charge is 0.314 e. The van der Waals surface area contributed by atoms with Gasteiger partial charge in [0.1, 0.15) is 0 Å². The van der Waals surface area contributed by atoms with E-state index < -0.39 is 5.79 Å². The topological polar surface area (TPSA) is 74.0 Å². The number of benzene rings is 1. The van der Waals surface area contributed by atoms with Gasteiger partial charge in [0.25, 0.3) is 5.79 Å². The molecule has 3 heterocycles. The fraction of sp³-hybridized carbons (Fsp3) is 0.667. The van der Waals surface area contributed by atoms with Crippen LogP contribution in [-0.2, 0) is 17.8 Å². The summed E-state index contributed by atoms with van der Waals surface area (Å²) in [4.78, 5) is 13.1. The van der Waals surface area contributed by atoms with Crippen molar-refractivity contribution in [3.8, 4) is 11.5 Å². The molecule has 27 heavy (non-hydrogen) atoms. The lowest BCUT2D eigenvalue weighted by atomic mass is 9.85. The van der Waals surface area contributed by atoms with Gasteiger partial charge in [0, 0.05) is 37.9 Å². The lowest BCUT2D eigenvalue weighted by Crippen LogP contribution is -2.45. The first-order valence-corrected chi connectivity index (χ1v) is 10.3. The molecule has 0 radical (unpaired) electrons. The molecule has 4 aliphatic rings. The number of ether oxygens (including phenoxy) is 3. The number of carbonyl (C=O) groups is 1. The summed E-state index contributed by atoms with van der Waals surface area (Å²) in [5.41, 5.74) is 7.89. The Hall–Kier alpha value is -1.95. The van der Waals surface area contributed by atoms with Crippen molar-refractivity contribution in [3.63, 3.8) is 0 Å². The molecule has 2 N–H and O–H groups in total. The highest BCUT2D eigenvalue weighted by Crippen LogP contribution is 2.49. The third-order valence-corrected chi connectivity index (χ3v) is 6.76. The number of nitrogens with two attached hydrogens (primary N) is 1. The Kier molecular flexibility index (Phi) is 4.19. The molecule has 1 aromatic rings. The first-order valence-electron chi connectivity index (χ1n) is 10.3. The number of likely N-dealkylation sites (tertiary alicyclic amines) is 1. The minimum absolute atomic E-state index is 0.172. The highest BCUT2D eigenvalue weighted by Gasteiger charge is 2.44.